The van der Waals surface area contributed by atoms with Gasteiger partial charge in [0.25, 0.3) is 0 Å². The predicted octanol–water partition coefficient (Wildman–Crippen LogP) is 1.12. The minimum Gasteiger partial charge on any atom is -0.468 e. The fourth-order valence-corrected chi connectivity index (χ4v) is 1.09. The molecule has 1 aromatic rings. The first kappa shape index (κ1) is 11.4. The molecule has 1 rings (SSSR count). The van der Waals surface area contributed by atoms with Gasteiger partial charge in [-0.25, -0.2) is 4.68 Å². The number of alkyl halides is 1. The van der Waals surface area contributed by atoms with Gasteiger partial charge in [0.1, 0.15) is 6.54 Å². The normalized spacial score (nSPS) is 11.4. The van der Waals surface area contributed by atoms with Crippen molar-refractivity contribution in [1.29, 1.82) is 0 Å². The van der Waals surface area contributed by atoms with Crippen molar-refractivity contribution in [2.24, 2.45) is 0 Å². The molecule has 0 bridgehead atoms. The number of hydrogen-bond acceptors (Lipinski definition) is 4. The molecule has 14 heavy (non-hydrogen) atoms. The smallest absolute Gasteiger partial charge is 0.327 e. The Balaban J connectivity index is 2.74. The summed E-state index contributed by atoms with van der Waals surface area (Å²) >= 11 is 2.27. The molecule has 1 aromatic heterocycles. The maximum absolute atomic E-state index is 10.9. The van der Waals surface area contributed by atoms with Crippen LogP contribution in [0, 0.1) is 0 Å². The van der Waals surface area contributed by atoms with Gasteiger partial charge >= 0.3 is 5.97 Å². The lowest BCUT2D eigenvalue weighted by molar-refractivity contribution is -0.141. The van der Waals surface area contributed by atoms with Gasteiger partial charge in [0.15, 0.2) is 0 Å². The van der Waals surface area contributed by atoms with E-state index in [9.17, 15) is 4.79 Å². The third-order valence-electron chi connectivity index (χ3n) is 1.67. The second-order valence-electron chi connectivity index (χ2n) is 3.35. The topological polar surface area (TPSA) is 57.0 Å². The molecule has 0 aromatic carbocycles. The van der Waals surface area contributed by atoms with E-state index in [1.165, 1.54) is 11.8 Å². The number of rotatable bonds is 3. The van der Waals surface area contributed by atoms with Gasteiger partial charge in [-0.3, -0.25) is 4.79 Å². The Labute approximate surface area is 96.0 Å². The standard InChI is InChI=1S/C8H12IN3O2/c1-8(2,9)6-4-12(11-10-6)5-7(13)14-3/h4H,5H2,1-3H3. The Kier molecular flexibility index (Phi) is 3.46. The first-order valence-electron chi connectivity index (χ1n) is 4.10. The van der Waals surface area contributed by atoms with Gasteiger partial charge in [-0.2, -0.15) is 0 Å². The number of methoxy groups -OCH3 is 1. The van der Waals surface area contributed by atoms with E-state index in [4.69, 9.17) is 0 Å². The van der Waals surface area contributed by atoms with Crippen molar-refractivity contribution in [2.45, 2.75) is 23.8 Å². The molecule has 0 unspecified atom stereocenters. The van der Waals surface area contributed by atoms with E-state index in [2.05, 4.69) is 37.6 Å². The summed E-state index contributed by atoms with van der Waals surface area (Å²) in [6.45, 7) is 4.16. The van der Waals surface area contributed by atoms with Gasteiger partial charge in [0.2, 0.25) is 0 Å². The van der Waals surface area contributed by atoms with Gasteiger partial charge in [0, 0.05) is 0 Å². The van der Waals surface area contributed by atoms with Gasteiger partial charge in [-0.1, -0.05) is 27.8 Å². The third-order valence-corrected chi connectivity index (χ3v) is 2.22. The molecule has 0 atom stereocenters. The van der Waals surface area contributed by atoms with E-state index in [-0.39, 0.29) is 15.9 Å². The van der Waals surface area contributed by atoms with Crippen LogP contribution in [-0.2, 0) is 19.5 Å². The molecule has 5 nitrogen and oxygen atoms in total. The molecule has 0 radical (unpaired) electrons. The molecule has 0 saturated heterocycles. The molecule has 0 aliphatic heterocycles. The van der Waals surface area contributed by atoms with E-state index in [0.717, 1.165) is 5.69 Å². The number of ether oxygens (including phenoxy) is 1. The SMILES string of the molecule is COC(=O)Cn1cc(C(C)(C)I)nn1. The minimum absolute atomic E-state index is 0.0773. The number of carbonyl (C=O) groups excluding carboxylic acids is 1. The van der Waals surface area contributed by atoms with Crippen molar-refractivity contribution >= 4 is 28.6 Å². The van der Waals surface area contributed by atoms with Crippen LogP contribution in [-0.4, -0.2) is 28.1 Å². The fourth-order valence-electron chi connectivity index (χ4n) is 0.845. The molecular weight excluding hydrogens is 297 g/mol. The van der Waals surface area contributed by atoms with Crippen LogP contribution in [0.4, 0.5) is 0 Å². The van der Waals surface area contributed by atoms with Crippen LogP contribution in [0.15, 0.2) is 6.20 Å². The highest BCUT2D eigenvalue weighted by Crippen LogP contribution is 2.28. The van der Waals surface area contributed by atoms with Crippen molar-refractivity contribution in [2.75, 3.05) is 7.11 Å². The number of esters is 1. The Morgan fingerprint density at radius 3 is 2.79 bits per heavy atom. The maximum Gasteiger partial charge on any atom is 0.327 e. The lowest BCUT2D eigenvalue weighted by Gasteiger charge is -2.10. The second kappa shape index (κ2) is 4.24. The molecule has 0 fully saturated rings. The van der Waals surface area contributed by atoms with Gasteiger partial charge in [0.05, 0.1) is 22.4 Å². The average Bonchev–Trinajstić information content (AvgIpc) is 2.51. The van der Waals surface area contributed by atoms with Crippen molar-refractivity contribution in [3.05, 3.63) is 11.9 Å². The maximum atomic E-state index is 10.9. The molecular formula is C8H12IN3O2. The lowest BCUT2D eigenvalue weighted by Crippen LogP contribution is -2.12. The zero-order valence-corrected chi connectivity index (χ0v) is 10.5. The van der Waals surface area contributed by atoms with Crippen LogP contribution in [0.3, 0.4) is 0 Å². The number of nitrogens with zero attached hydrogens (tertiary/aromatic N) is 3. The van der Waals surface area contributed by atoms with Crippen molar-refractivity contribution in [3.63, 3.8) is 0 Å². The summed E-state index contributed by atoms with van der Waals surface area (Å²) in [5, 5.41) is 7.80. The highest BCUT2D eigenvalue weighted by Gasteiger charge is 2.20. The average molecular weight is 309 g/mol. The second-order valence-corrected chi connectivity index (χ2v) is 6.05. The molecule has 6 heteroatoms. The van der Waals surface area contributed by atoms with Gasteiger partial charge in [-0.15, -0.1) is 5.10 Å². The largest absolute Gasteiger partial charge is 0.468 e. The monoisotopic (exact) mass is 309 g/mol. The van der Waals surface area contributed by atoms with Crippen molar-refractivity contribution in [3.8, 4) is 0 Å². The molecule has 0 spiro atoms. The molecule has 0 N–H and O–H groups in total. The van der Waals surface area contributed by atoms with Gasteiger partial charge < -0.3 is 4.74 Å². The highest BCUT2D eigenvalue weighted by molar-refractivity contribution is 14.1. The van der Waals surface area contributed by atoms with E-state index in [0.29, 0.717) is 0 Å². The molecule has 0 amide bonds. The first-order valence-corrected chi connectivity index (χ1v) is 5.17. The summed E-state index contributed by atoms with van der Waals surface area (Å²) in [5.74, 6) is -0.326. The molecule has 0 aliphatic rings. The summed E-state index contributed by atoms with van der Waals surface area (Å²) in [5.41, 5.74) is 0.849. The van der Waals surface area contributed by atoms with Crippen LogP contribution in [0.2, 0.25) is 0 Å². The minimum atomic E-state index is -0.326. The third kappa shape index (κ3) is 2.93. The molecule has 78 valence electrons. The van der Waals surface area contributed by atoms with E-state index in [1.807, 2.05) is 13.8 Å². The Morgan fingerprint density at radius 2 is 2.36 bits per heavy atom. The van der Waals surface area contributed by atoms with Crippen LogP contribution >= 0.6 is 22.6 Å². The molecule has 0 aliphatic carbocycles. The van der Waals surface area contributed by atoms with Crippen molar-refractivity contribution in [1.82, 2.24) is 15.0 Å². The number of hydrogen-bond donors (Lipinski definition) is 0. The van der Waals surface area contributed by atoms with E-state index >= 15 is 0 Å². The number of carbonyl (C=O) groups is 1. The Bertz CT molecular complexity index is 330. The fraction of sp³-hybridized carbons (Fsp3) is 0.625. The highest BCUT2D eigenvalue weighted by atomic mass is 127. The zero-order chi connectivity index (χ0) is 10.8. The Morgan fingerprint density at radius 1 is 1.71 bits per heavy atom. The van der Waals surface area contributed by atoms with Crippen LogP contribution < -0.4 is 0 Å². The van der Waals surface area contributed by atoms with Gasteiger partial charge in [-0.05, 0) is 13.8 Å². The summed E-state index contributed by atoms with van der Waals surface area (Å²) in [4.78, 5) is 10.9. The number of aromatic nitrogens is 3. The van der Waals surface area contributed by atoms with E-state index < -0.39 is 0 Å². The van der Waals surface area contributed by atoms with Crippen LogP contribution in [0.5, 0.6) is 0 Å². The Hall–Kier alpha value is -0.660. The molecule has 0 saturated carbocycles. The van der Waals surface area contributed by atoms with Crippen molar-refractivity contribution < 1.29 is 9.53 Å². The summed E-state index contributed by atoms with van der Waals surface area (Å²) in [7, 11) is 1.35. The summed E-state index contributed by atoms with van der Waals surface area (Å²) in [6.07, 6.45) is 1.75. The number of halogens is 1. The van der Waals surface area contributed by atoms with E-state index in [1.54, 1.807) is 6.20 Å². The summed E-state index contributed by atoms with van der Waals surface area (Å²) < 4.78 is 5.92. The zero-order valence-electron chi connectivity index (χ0n) is 8.32. The predicted molar refractivity (Wildman–Crippen MR) is 59.1 cm³/mol. The lowest BCUT2D eigenvalue weighted by atomic mass is 10.1. The first-order chi connectivity index (χ1) is 6.43. The molecule has 1 heterocycles. The van der Waals surface area contributed by atoms with Crippen LogP contribution in [0.25, 0.3) is 0 Å². The summed E-state index contributed by atoms with van der Waals surface area (Å²) in [6, 6.07) is 0. The quantitative estimate of drug-likeness (QED) is 0.477. The van der Waals surface area contributed by atoms with Crippen LogP contribution in [0.1, 0.15) is 19.5 Å².